The maximum Gasteiger partial charge on any atom is 0.323 e. The van der Waals surface area contributed by atoms with Crippen LogP contribution in [0.2, 0.25) is 0 Å². The maximum atomic E-state index is 13.1. The second-order valence-electron chi connectivity index (χ2n) is 13.7. The number of aromatic nitrogens is 3. The predicted molar refractivity (Wildman–Crippen MR) is 165 cm³/mol. The molecule has 14 heteroatoms. The van der Waals surface area contributed by atoms with Gasteiger partial charge in [0.2, 0.25) is 5.60 Å². The van der Waals surface area contributed by atoms with E-state index in [0.29, 0.717) is 12.1 Å². The zero-order valence-electron chi connectivity index (χ0n) is 27.4. The number of esters is 2. The lowest BCUT2D eigenvalue weighted by molar-refractivity contribution is -0.163. The van der Waals surface area contributed by atoms with Gasteiger partial charge in [0.15, 0.2) is 11.9 Å². The highest BCUT2D eigenvalue weighted by Gasteiger charge is 2.60. The van der Waals surface area contributed by atoms with Gasteiger partial charge < -0.3 is 35.1 Å². The summed E-state index contributed by atoms with van der Waals surface area (Å²) in [6.07, 6.45) is 1.76. The van der Waals surface area contributed by atoms with Crippen LogP contribution in [0.4, 0.5) is 5.82 Å². The number of aliphatic hydroxyl groups is 1. The van der Waals surface area contributed by atoms with Gasteiger partial charge in [0, 0.05) is 13.0 Å². The Balaban J connectivity index is 1.64. The number of aliphatic hydroxyl groups excluding tert-OH is 1. The number of hydrogen-bond acceptors (Lipinski definition) is 12. The van der Waals surface area contributed by atoms with Gasteiger partial charge in [0.25, 0.3) is 5.91 Å². The van der Waals surface area contributed by atoms with Crippen LogP contribution in [0.5, 0.6) is 0 Å². The summed E-state index contributed by atoms with van der Waals surface area (Å²) in [7, 11) is 0. The Kier molecular flexibility index (Phi) is 10.7. The molecule has 2 aromatic heterocycles. The van der Waals surface area contributed by atoms with Gasteiger partial charge in [-0.3, -0.25) is 14.4 Å². The predicted octanol–water partition coefficient (Wildman–Crippen LogP) is 2.76. The molecule has 1 aliphatic heterocycles. The average Bonchev–Trinajstić information content (AvgIpc) is 3.53. The number of rotatable bonds is 13. The molecule has 0 bridgehead atoms. The number of nitriles is 1. The SMILES string of the molecule is CCCCOC(C)(C)C(=O)Nc1ncnn2c([C@]3(C#N)O[C@H](COC(=O)CC4CCC4)[C@@H](OC(=O)[C@@H](N)C(C)(C)C)[C@H]3O)ccc12. The fourth-order valence-corrected chi connectivity index (χ4v) is 5.28. The summed E-state index contributed by atoms with van der Waals surface area (Å²) in [5, 5.41) is 29.2. The van der Waals surface area contributed by atoms with Gasteiger partial charge in [-0.05, 0) is 56.6 Å². The average molecular weight is 643 g/mol. The second-order valence-corrected chi connectivity index (χ2v) is 13.7. The van der Waals surface area contributed by atoms with E-state index in [1.165, 1.54) is 16.9 Å². The highest BCUT2D eigenvalue weighted by Crippen LogP contribution is 2.42. The third kappa shape index (κ3) is 7.33. The lowest BCUT2D eigenvalue weighted by Gasteiger charge is -2.29. The smallest absolute Gasteiger partial charge is 0.323 e. The summed E-state index contributed by atoms with van der Waals surface area (Å²) < 4.78 is 24.4. The minimum Gasteiger partial charge on any atom is -0.463 e. The summed E-state index contributed by atoms with van der Waals surface area (Å²) in [6, 6.07) is 4.05. The lowest BCUT2D eigenvalue weighted by Crippen LogP contribution is -2.49. The highest BCUT2D eigenvalue weighted by atomic mass is 16.6. The van der Waals surface area contributed by atoms with Crippen molar-refractivity contribution in [3.05, 3.63) is 24.2 Å². The van der Waals surface area contributed by atoms with Crippen molar-refractivity contribution in [2.75, 3.05) is 18.5 Å². The van der Waals surface area contributed by atoms with Crippen molar-refractivity contribution in [3.63, 3.8) is 0 Å². The molecular weight excluding hydrogens is 596 g/mol. The highest BCUT2D eigenvalue weighted by molar-refractivity contribution is 5.98. The molecular formula is C32H46N6O8. The third-order valence-electron chi connectivity index (χ3n) is 8.70. The second kappa shape index (κ2) is 14.0. The molecule has 1 aliphatic carbocycles. The van der Waals surface area contributed by atoms with Crippen molar-refractivity contribution < 1.29 is 38.4 Å². The fourth-order valence-electron chi connectivity index (χ4n) is 5.28. The van der Waals surface area contributed by atoms with Crippen LogP contribution in [-0.4, -0.2) is 80.7 Å². The lowest BCUT2D eigenvalue weighted by atomic mass is 9.83. The standard InChI is InChI=1S/C32H46N6O8/c1-7-8-14-44-31(5,6)29(42)37-27-20-12-13-22(38(20)36-18-35-27)32(17-33)26(40)24(45-28(41)25(34)30(2,3)4)21(46-32)16-43-23(39)15-19-10-9-11-19/h12-13,18-19,21,24-26,40H,7-11,14-16,34H2,1-6H3,(H,35,36,37,42)/t21-,24-,25-,26-,32+/m1/s1. The van der Waals surface area contributed by atoms with Gasteiger partial charge in [-0.25, -0.2) is 9.50 Å². The van der Waals surface area contributed by atoms with Crippen molar-refractivity contribution in [2.45, 2.75) is 116 Å². The largest absolute Gasteiger partial charge is 0.463 e. The summed E-state index contributed by atoms with van der Waals surface area (Å²) in [5.41, 5.74) is 2.59. The molecule has 4 rings (SSSR count). The number of unbranched alkanes of at least 4 members (excludes halogenated alkanes) is 1. The minimum absolute atomic E-state index is 0.0818. The molecule has 1 amide bonds. The summed E-state index contributed by atoms with van der Waals surface area (Å²) in [6.45, 7) is 10.7. The third-order valence-corrected chi connectivity index (χ3v) is 8.70. The molecule has 1 saturated carbocycles. The summed E-state index contributed by atoms with van der Waals surface area (Å²) in [4.78, 5) is 43.0. The van der Waals surface area contributed by atoms with Gasteiger partial charge in [-0.15, -0.1) is 0 Å². The molecule has 1 saturated heterocycles. The first-order chi connectivity index (χ1) is 21.6. The molecule has 0 aromatic carbocycles. The number of carbonyl (C=O) groups is 3. The first-order valence-corrected chi connectivity index (χ1v) is 15.8. The maximum absolute atomic E-state index is 13.1. The molecule has 252 valence electrons. The number of anilines is 1. The zero-order valence-corrected chi connectivity index (χ0v) is 27.4. The van der Waals surface area contributed by atoms with Gasteiger partial charge in [0.1, 0.15) is 48.4 Å². The van der Waals surface area contributed by atoms with Crippen LogP contribution in [0.1, 0.15) is 85.8 Å². The number of hydrogen-bond donors (Lipinski definition) is 3. The number of fused-ring (bicyclic) bond motifs is 1. The van der Waals surface area contributed by atoms with E-state index in [0.717, 1.165) is 32.1 Å². The molecule has 2 aliphatic rings. The van der Waals surface area contributed by atoms with Gasteiger partial charge in [0.05, 0.1) is 5.69 Å². The van der Waals surface area contributed by atoms with Crippen molar-refractivity contribution in [1.82, 2.24) is 14.6 Å². The van der Waals surface area contributed by atoms with E-state index >= 15 is 0 Å². The van der Waals surface area contributed by atoms with Crippen molar-refractivity contribution in [1.29, 1.82) is 5.26 Å². The van der Waals surface area contributed by atoms with Crippen molar-refractivity contribution in [3.8, 4) is 6.07 Å². The summed E-state index contributed by atoms with van der Waals surface area (Å²) in [5.74, 6) is -1.30. The molecule has 0 spiro atoms. The molecule has 3 heterocycles. The van der Waals surface area contributed by atoms with E-state index in [-0.39, 0.29) is 30.5 Å². The monoisotopic (exact) mass is 642 g/mol. The number of nitrogens with two attached hydrogens (primary N) is 1. The number of ether oxygens (including phenoxy) is 4. The van der Waals surface area contributed by atoms with E-state index < -0.39 is 58.8 Å². The van der Waals surface area contributed by atoms with Crippen LogP contribution in [0.3, 0.4) is 0 Å². The molecule has 2 aromatic rings. The fraction of sp³-hybridized carbons (Fsp3) is 0.688. The molecule has 14 nitrogen and oxygen atoms in total. The molecule has 5 atom stereocenters. The van der Waals surface area contributed by atoms with Gasteiger partial charge in [-0.2, -0.15) is 10.4 Å². The number of nitrogens with one attached hydrogen (secondary N) is 1. The Hall–Kier alpha value is -3.64. The Bertz CT molecular complexity index is 1460. The molecule has 2 fully saturated rings. The van der Waals surface area contributed by atoms with E-state index in [2.05, 4.69) is 15.4 Å². The Morgan fingerprint density at radius 1 is 1.26 bits per heavy atom. The molecule has 0 unspecified atom stereocenters. The molecule has 4 N–H and O–H groups in total. The quantitative estimate of drug-likeness (QED) is 0.213. The normalized spacial score (nSPS) is 24.2. The van der Waals surface area contributed by atoms with Crippen LogP contribution in [0, 0.1) is 22.7 Å². The van der Waals surface area contributed by atoms with Crippen LogP contribution in [0.25, 0.3) is 5.52 Å². The Morgan fingerprint density at radius 2 is 1.98 bits per heavy atom. The number of carbonyl (C=O) groups excluding carboxylic acids is 3. The van der Waals surface area contributed by atoms with E-state index in [1.807, 2.05) is 13.0 Å². The van der Waals surface area contributed by atoms with E-state index in [1.54, 1.807) is 40.7 Å². The molecule has 46 heavy (non-hydrogen) atoms. The Labute approximate surface area is 268 Å². The van der Waals surface area contributed by atoms with Crippen LogP contribution < -0.4 is 11.1 Å². The van der Waals surface area contributed by atoms with E-state index in [9.17, 15) is 24.8 Å². The topological polar surface area (TPSA) is 200 Å². The zero-order chi connectivity index (χ0) is 33.9. The van der Waals surface area contributed by atoms with Gasteiger partial charge >= 0.3 is 11.9 Å². The van der Waals surface area contributed by atoms with Crippen LogP contribution >= 0.6 is 0 Å². The number of amides is 1. The first kappa shape index (κ1) is 35.2. The van der Waals surface area contributed by atoms with Crippen molar-refractivity contribution >= 4 is 29.2 Å². The number of nitrogens with zero attached hydrogens (tertiary/aromatic N) is 4. The first-order valence-electron chi connectivity index (χ1n) is 15.8. The van der Waals surface area contributed by atoms with Crippen molar-refractivity contribution in [2.24, 2.45) is 17.1 Å². The minimum atomic E-state index is -2.12. The van der Waals surface area contributed by atoms with Crippen LogP contribution in [0.15, 0.2) is 18.5 Å². The summed E-state index contributed by atoms with van der Waals surface area (Å²) >= 11 is 0. The van der Waals surface area contributed by atoms with Gasteiger partial charge in [-0.1, -0.05) is 40.5 Å². The Morgan fingerprint density at radius 3 is 2.59 bits per heavy atom. The van der Waals surface area contributed by atoms with Crippen LogP contribution in [-0.2, 0) is 38.9 Å². The molecule has 0 radical (unpaired) electrons. The van der Waals surface area contributed by atoms with E-state index in [4.69, 9.17) is 24.7 Å².